The number of nitrogens with zero attached hydrogens (tertiary/aromatic N) is 5. The van der Waals surface area contributed by atoms with Crippen LogP contribution in [0.1, 0.15) is 26.5 Å². The fourth-order valence-electron chi connectivity index (χ4n) is 3.93. The van der Waals surface area contributed by atoms with Gasteiger partial charge in [-0.3, -0.25) is 18.7 Å². The Hall–Kier alpha value is -4.10. The Morgan fingerprint density at radius 2 is 1.60 bits per heavy atom. The Balaban J connectivity index is 1.77. The molecule has 2 heterocycles. The van der Waals surface area contributed by atoms with E-state index in [2.05, 4.69) is 46.8 Å². The van der Waals surface area contributed by atoms with Crippen LogP contribution in [0, 0.1) is 0 Å². The summed E-state index contributed by atoms with van der Waals surface area (Å²) in [7, 11) is 1.39. The molecule has 202 valence electrons. The van der Waals surface area contributed by atoms with Gasteiger partial charge in [-0.15, -0.1) is 0 Å². The number of benzene rings is 3. The summed E-state index contributed by atoms with van der Waals surface area (Å²) in [4.78, 5) is 38.7. The number of imidazole rings is 1. The Morgan fingerprint density at radius 3 is 2.23 bits per heavy atom. The number of amides is 1. The summed E-state index contributed by atoms with van der Waals surface area (Å²) in [5.74, 6) is -2.55. The van der Waals surface area contributed by atoms with Crippen molar-refractivity contribution >= 4 is 54.7 Å². The Bertz CT molecular complexity index is 1860. The first-order chi connectivity index (χ1) is 19.1. The third-order valence-corrected chi connectivity index (χ3v) is 7.17. The van der Waals surface area contributed by atoms with Crippen LogP contribution in [0.25, 0.3) is 16.9 Å². The predicted octanol–water partition coefficient (Wildman–Crippen LogP) is 6.20. The zero-order valence-electron chi connectivity index (χ0n) is 20.4. The van der Waals surface area contributed by atoms with Crippen LogP contribution in [-0.2, 0) is 6.18 Å². The van der Waals surface area contributed by atoms with Gasteiger partial charge in [-0.2, -0.15) is 18.2 Å². The van der Waals surface area contributed by atoms with Crippen LogP contribution in [0.3, 0.4) is 0 Å². The van der Waals surface area contributed by atoms with E-state index in [0.29, 0.717) is 14.7 Å². The molecule has 0 fully saturated rings. The van der Waals surface area contributed by atoms with Crippen molar-refractivity contribution in [2.45, 2.75) is 6.18 Å². The van der Waals surface area contributed by atoms with Gasteiger partial charge < -0.3 is 4.74 Å². The van der Waals surface area contributed by atoms with E-state index < -0.39 is 23.8 Å². The van der Waals surface area contributed by atoms with E-state index in [1.807, 2.05) is 0 Å². The van der Waals surface area contributed by atoms with E-state index in [1.54, 1.807) is 42.5 Å². The van der Waals surface area contributed by atoms with Gasteiger partial charge in [0.05, 0.1) is 41.7 Å². The number of hydrogen-bond donors (Lipinski definition) is 0. The molecule has 1 amide bonds. The van der Waals surface area contributed by atoms with Gasteiger partial charge in [0.15, 0.2) is 11.3 Å². The molecule has 0 saturated heterocycles. The molecule has 8 nitrogen and oxygen atoms in total. The van der Waals surface area contributed by atoms with Gasteiger partial charge in [0.1, 0.15) is 5.75 Å². The van der Waals surface area contributed by atoms with Gasteiger partial charge in [-0.25, -0.2) is 9.97 Å². The lowest BCUT2D eigenvalue weighted by atomic mass is 10.2. The third kappa shape index (κ3) is 5.21. The lowest BCUT2D eigenvalue weighted by Crippen LogP contribution is -2.30. The Kier molecular flexibility index (Phi) is 7.43. The number of ether oxygens (including phenoxy) is 1. The fraction of sp³-hybridized carbons (Fsp3) is 0.0741. The second kappa shape index (κ2) is 10.8. The second-order valence-electron chi connectivity index (χ2n) is 8.28. The average molecular weight is 675 g/mol. The van der Waals surface area contributed by atoms with Crippen molar-refractivity contribution in [2.75, 3.05) is 7.11 Å². The largest absolute Gasteiger partial charge is 0.497 e. The number of rotatable bonds is 4. The first-order valence-corrected chi connectivity index (χ1v) is 13.0. The summed E-state index contributed by atoms with van der Waals surface area (Å²) in [6, 6.07) is 17.3. The van der Waals surface area contributed by atoms with E-state index >= 15 is 0 Å². The van der Waals surface area contributed by atoms with Gasteiger partial charge in [-0.1, -0.05) is 24.3 Å². The van der Waals surface area contributed by atoms with E-state index in [-0.39, 0.29) is 33.5 Å². The SMILES string of the molecule is COc1ccc2c(c1)nc(C(F)(F)F)n2-c1cn(C(=O)c2ccccc2Br)c(=NC(=O)c2ccccc2Br)cn1. The third-order valence-electron chi connectivity index (χ3n) is 5.79. The first-order valence-electron chi connectivity index (χ1n) is 11.4. The fourth-order valence-corrected chi connectivity index (χ4v) is 4.84. The number of carbonyl (C=O) groups is 2. The van der Waals surface area contributed by atoms with Crippen molar-refractivity contribution in [3.8, 4) is 11.6 Å². The zero-order valence-corrected chi connectivity index (χ0v) is 23.5. The van der Waals surface area contributed by atoms with Crippen molar-refractivity contribution in [3.63, 3.8) is 0 Å². The Morgan fingerprint density at radius 1 is 0.950 bits per heavy atom. The minimum Gasteiger partial charge on any atom is -0.497 e. The maximum absolute atomic E-state index is 14.1. The van der Waals surface area contributed by atoms with Crippen molar-refractivity contribution in [1.82, 2.24) is 19.1 Å². The lowest BCUT2D eigenvalue weighted by molar-refractivity contribution is -0.145. The highest BCUT2D eigenvalue weighted by Gasteiger charge is 2.38. The molecule has 40 heavy (non-hydrogen) atoms. The van der Waals surface area contributed by atoms with Crippen LogP contribution in [0.15, 0.2) is 93.1 Å². The predicted molar refractivity (Wildman–Crippen MR) is 146 cm³/mol. The van der Waals surface area contributed by atoms with Crippen LogP contribution in [-0.4, -0.2) is 38.0 Å². The molecule has 2 aromatic heterocycles. The van der Waals surface area contributed by atoms with Gasteiger partial charge >= 0.3 is 6.18 Å². The van der Waals surface area contributed by atoms with Crippen LogP contribution in [0.4, 0.5) is 13.2 Å². The molecule has 0 saturated carbocycles. The number of alkyl halides is 3. The topological polar surface area (TPSA) is 91.4 Å². The molecule has 0 aliphatic heterocycles. The normalized spacial score (nSPS) is 12.1. The molecule has 0 radical (unpaired) electrons. The summed E-state index contributed by atoms with van der Waals surface area (Å²) in [6.07, 6.45) is -2.70. The van der Waals surface area contributed by atoms with Crippen LogP contribution in [0.5, 0.6) is 5.75 Å². The molecule has 5 rings (SSSR count). The van der Waals surface area contributed by atoms with Gasteiger partial charge in [-0.05, 0) is 68.3 Å². The highest BCUT2D eigenvalue weighted by atomic mass is 79.9. The summed E-state index contributed by atoms with van der Waals surface area (Å²) < 4.78 is 50.2. The number of fused-ring (bicyclic) bond motifs is 1. The molecule has 0 bridgehead atoms. The lowest BCUT2D eigenvalue weighted by Gasteiger charge is -2.14. The number of aromatic nitrogens is 4. The quantitative estimate of drug-likeness (QED) is 0.226. The van der Waals surface area contributed by atoms with Gasteiger partial charge in [0.2, 0.25) is 5.82 Å². The van der Waals surface area contributed by atoms with Crippen LogP contribution >= 0.6 is 31.9 Å². The van der Waals surface area contributed by atoms with Gasteiger partial charge in [0, 0.05) is 15.0 Å². The number of hydrogen-bond acceptors (Lipinski definition) is 5. The minimum atomic E-state index is -4.86. The van der Waals surface area contributed by atoms with Crippen LogP contribution in [0.2, 0.25) is 0 Å². The summed E-state index contributed by atoms with van der Waals surface area (Å²) in [5, 5.41) is 0. The molecule has 0 aliphatic rings. The number of methoxy groups -OCH3 is 1. The van der Waals surface area contributed by atoms with E-state index in [4.69, 9.17) is 4.74 Å². The minimum absolute atomic E-state index is 0.00928. The number of carbonyl (C=O) groups excluding carboxylic acids is 2. The average Bonchev–Trinajstić information content (AvgIpc) is 3.33. The highest BCUT2D eigenvalue weighted by Crippen LogP contribution is 2.34. The van der Waals surface area contributed by atoms with E-state index in [1.165, 1.54) is 31.4 Å². The van der Waals surface area contributed by atoms with Crippen molar-refractivity contribution in [1.29, 1.82) is 0 Å². The molecule has 3 aromatic carbocycles. The molecule has 13 heteroatoms. The molecule has 5 aromatic rings. The molecule has 0 spiro atoms. The van der Waals surface area contributed by atoms with Crippen LogP contribution < -0.4 is 10.2 Å². The summed E-state index contributed by atoms with van der Waals surface area (Å²) in [5.41, 5.74) is 0.306. The van der Waals surface area contributed by atoms with E-state index in [9.17, 15) is 22.8 Å². The Labute approximate surface area is 241 Å². The second-order valence-corrected chi connectivity index (χ2v) is 9.99. The molecular weight excluding hydrogens is 659 g/mol. The molecule has 0 aliphatic carbocycles. The zero-order chi connectivity index (χ0) is 28.6. The number of halogens is 5. The smallest absolute Gasteiger partial charge is 0.450 e. The molecule has 0 N–H and O–H groups in total. The summed E-state index contributed by atoms with van der Waals surface area (Å²) in [6.45, 7) is 0. The van der Waals surface area contributed by atoms with Crippen molar-refractivity contribution < 1.29 is 27.5 Å². The standard InChI is InChI=1S/C27H16Br2F3N5O3/c1-40-15-10-11-21-20(12-15)34-26(27(30,31)32)37(21)23-14-36(25(39)17-7-3-5-9-19(17)29)22(13-33-23)35-24(38)16-6-2-4-8-18(16)28/h2-14H,1H3. The van der Waals surface area contributed by atoms with Crippen molar-refractivity contribution in [3.05, 3.63) is 111 Å². The van der Waals surface area contributed by atoms with Crippen molar-refractivity contribution in [2.24, 2.45) is 4.99 Å². The summed E-state index contributed by atoms with van der Waals surface area (Å²) >= 11 is 6.63. The highest BCUT2D eigenvalue weighted by molar-refractivity contribution is 9.10. The van der Waals surface area contributed by atoms with Gasteiger partial charge in [0.25, 0.3) is 11.8 Å². The maximum Gasteiger partial charge on any atom is 0.450 e. The monoisotopic (exact) mass is 673 g/mol. The molecule has 0 unspecified atom stereocenters. The first kappa shape index (κ1) is 27.5. The molecular formula is C27H16Br2F3N5O3. The molecule has 0 atom stereocenters. The maximum atomic E-state index is 14.1. The van der Waals surface area contributed by atoms with E-state index in [0.717, 1.165) is 21.5 Å².